The van der Waals surface area contributed by atoms with Gasteiger partial charge in [0, 0.05) is 23.5 Å². The third kappa shape index (κ3) is 7.18. The Morgan fingerprint density at radius 1 is 1.13 bits per heavy atom. The van der Waals surface area contributed by atoms with Crippen LogP contribution in [0.25, 0.3) is 6.08 Å². The van der Waals surface area contributed by atoms with E-state index in [9.17, 15) is 25.0 Å². The molecule has 0 fully saturated rings. The van der Waals surface area contributed by atoms with Crippen molar-refractivity contribution in [3.05, 3.63) is 91.4 Å². The molecule has 0 aromatic heterocycles. The van der Waals surface area contributed by atoms with Crippen LogP contribution in [0.15, 0.2) is 64.6 Å². The highest BCUT2D eigenvalue weighted by Crippen LogP contribution is 2.37. The molecule has 3 aromatic carbocycles. The zero-order valence-electron chi connectivity index (χ0n) is 20.7. The van der Waals surface area contributed by atoms with Crippen molar-refractivity contribution < 1.29 is 24.0 Å². The predicted octanol–water partition coefficient (Wildman–Crippen LogP) is 5.55. The Kier molecular flexibility index (Phi) is 9.18. The first-order valence-electron chi connectivity index (χ1n) is 11.2. The van der Waals surface area contributed by atoms with Crippen LogP contribution in [0.2, 0.25) is 0 Å². The Hall–Kier alpha value is -4.69. The number of non-ortho nitro benzene ring substituents is 1. The number of hydrogen-bond donors (Lipinski definition) is 2. The van der Waals surface area contributed by atoms with E-state index < -0.39 is 10.8 Å². The molecule has 0 aliphatic heterocycles. The average molecular weight is 579 g/mol. The van der Waals surface area contributed by atoms with Crippen LogP contribution < -0.4 is 20.1 Å². The molecule has 0 spiro atoms. The monoisotopic (exact) mass is 578 g/mol. The second kappa shape index (κ2) is 12.5. The van der Waals surface area contributed by atoms with Gasteiger partial charge in [-0.05, 0) is 76.8 Å². The van der Waals surface area contributed by atoms with Crippen molar-refractivity contribution in [1.82, 2.24) is 0 Å². The second-order valence-corrected chi connectivity index (χ2v) is 8.98. The lowest BCUT2D eigenvalue weighted by molar-refractivity contribution is -0.384. The Balaban J connectivity index is 1.75. The SMILES string of the molecule is COc1cc(/C=C(/C#N)C(=O)Nc2cccc([N+](=O)[O-])c2)cc(Br)c1OCC(=O)Nc1cc(C)ccc1C. The van der Waals surface area contributed by atoms with Crippen molar-refractivity contribution in [1.29, 1.82) is 5.26 Å². The molecular formula is C27H23BrN4O6. The molecule has 0 unspecified atom stereocenters. The Bertz CT molecular complexity index is 1480. The molecule has 2 N–H and O–H groups in total. The van der Waals surface area contributed by atoms with Crippen LogP contribution in [0.3, 0.4) is 0 Å². The summed E-state index contributed by atoms with van der Waals surface area (Å²) in [6.07, 6.45) is 1.33. The maximum absolute atomic E-state index is 12.6. The lowest BCUT2D eigenvalue weighted by atomic mass is 10.1. The van der Waals surface area contributed by atoms with E-state index in [4.69, 9.17) is 9.47 Å². The van der Waals surface area contributed by atoms with Crippen LogP contribution >= 0.6 is 15.9 Å². The summed E-state index contributed by atoms with van der Waals surface area (Å²) in [6, 6.07) is 16.1. The lowest BCUT2D eigenvalue weighted by Gasteiger charge is -2.14. The number of halogens is 1. The normalized spacial score (nSPS) is 10.8. The number of rotatable bonds is 9. The van der Waals surface area contributed by atoms with Crippen LogP contribution in [0.1, 0.15) is 16.7 Å². The van der Waals surface area contributed by atoms with Crippen molar-refractivity contribution in [2.24, 2.45) is 0 Å². The number of methoxy groups -OCH3 is 1. The summed E-state index contributed by atoms with van der Waals surface area (Å²) in [4.78, 5) is 35.5. The number of aryl methyl sites for hydroxylation is 2. The summed E-state index contributed by atoms with van der Waals surface area (Å²) in [5, 5.41) is 25.8. The number of nitro benzene ring substituents is 1. The predicted molar refractivity (Wildman–Crippen MR) is 146 cm³/mol. The Morgan fingerprint density at radius 3 is 2.58 bits per heavy atom. The molecule has 2 amide bonds. The zero-order chi connectivity index (χ0) is 27.8. The van der Waals surface area contributed by atoms with Gasteiger partial charge in [-0.1, -0.05) is 18.2 Å². The van der Waals surface area contributed by atoms with Gasteiger partial charge in [-0.15, -0.1) is 0 Å². The van der Waals surface area contributed by atoms with Crippen LogP contribution in [0, 0.1) is 35.3 Å². The van der Waals surface area contributed by atoms with E-state index in [1.54, 1.807) is 12.1 Å². The topological polar surface area (TPSA) is 144 Å². The molecule has 194 valence electrons. The van der Waals surface area contributed by atoms with Gasteiger partial charge in [-0.2, -0.15) is 5.26 Å². The van der Waals surface area contributed by atoms with E-state index in [2.05, 4.69) is 26.6 Å². The molecule has 11 heteroatoms. The van der Waals surface area contributed by atoms with Gasteiger partial charge in [0.25, 0.3) is 17.5 Å². The highest BCUT2D eigenvalue weighted by Gasteiger charge is 2.16. The van der Waals surface area contributed by atoms with E-state index in [1.165, 1.54) is 37.5 Å². The van der Waals surface area contributed by atoms with E-state index in [1.807, 2.05) is 38.1 Å². The lowest BCUT2D eigenvalue weighted by Crippen LogP contribution is -2.21. The average Bonchev–Trinajstić information content (AvgIpc) is 2.88. The molecule has 0 aliphatic rings. The number of nitrogens with one attached hydrogen (secondary N) is 2. The molecule has 38 heavy (non-hydrogen) atoms. The van der Waals surface area contributed by atoms with E-state index in [-0.39, 0.29) is 41.0 Å². The van der Waals surface area contributed by atoms with E-state index >= 15 is 0 Å². The molecule has 0 saturated carbocycles. The van der Waals surface area contributed by atoms with Crippen molar-refractivity contribution in [2.45, 2.75) is 13.8 Å². The van der Waals surface area contributed by atoms with Crippen LogP contribution in [-0.4, -0.2) is 30.5 Å². The maximum Gasteiger partial charge on any atom is 0.271 e. The zero-order valence-corrected chi connectivity index (χ0v) is 22.3. The fourth-order valence-electron chi connectivity index (χ4n) is 3.37. The van der Waals surface area contributed by atoms with E-state index in [0.29, 0.717) is 15.7 Å². The number of carbonyl (C=O) groups is 2. The fourth-order valence-corrected chi connectivity index (χ4v) is 3.94. The fraction of sp³-hybridized carbons (Fsp3) is 0.148. The molecule has 10 nitrogen and oxygen atoms in total. The third-order valence-electron chi connectivity index (χ3n) is 5.26. The molecule has 0 heterocycles. The summed E-state index contributed by atoms with van der Waals surface area (Å²) >= 11 is 3.39. The highest BCUT2D eigenvalue weighted by molar-refractivity contribution is 9.10. The molecule has 3 rings (SSSR count). The first kappa shape index (κ1) is 27.9. The van der Waals surface area contributed by atoms with Crippen LogP contribution in [0.4, 0.5) is 17.1 Å². The van der Waals surface area contributed by atoms with Gasteiger partial charge >= 0.3 is 0 Å². The Labute approximate surface area is 227 Å². The van der Waals surface area contributed by atoms with Gasteiger partial charge in [-0.3, -0.25) is 19.7 Å². The van der Waals surface area contributed by atoms with Gasteiger partial charge in [0.15, 0.2) is 18.1 Å². The van der Waals surface area contributed by atoms with E-state index in [0.717, 1.165) is 11.1 Å². The van der Waals surface area contributed by atoms with Crippen LogP contribution in [-0.2, 0) is 9.59 Å². The minimum atomic E-state index is -0.744. The van der Waals surface area contributed by atoms with Crippen molar-refractivity contribution >= 4 is 50.9 Å². The number of benzene rings is 3. The minimum Gasteiger partial charge on any atom is -0.493 e. The molecule has 0 bridgehead atoms. The smallest absolute Gasteiger partial charge is 0.271 e. The summed E-state index contributed by atoms with van der Waals surface area (Å²) in [5.41, 5.74) is 2.79. The van der Waals surface area contributed by atoms with Gasteiger partial charge < -0.3 is 20.1 Å². The van der Waals surface area contributed by atoms with Crippen molar-refractivity contribution in [2.75, 3.05) is 24.4 Å². The standard InChI is InChI=1S/C27H23BrN4O6/c1-16-7-8-17(2)23(9-16)31-25(33)15-38-26-22(28)11-18(12-24(26)37-3)10-19(14-29)27(34)30-20-5-4-6-21(13-20)32(35)36/h4-13H,15H2,1-3H3,(H,30,34)(H,31,33)/b19-10-. The summed E-state index contributed by atoms with van der Waals surface area (Å²) < 4.78 is 11.5. The second-order valence-electron chi connectivity index (χ2n) is 8.12. The van der Waals surface area contributed by atoms with Crippen molar-refractivity contribution in [3.63, 3.8) is 0 Å². The first-order valence-corrected chi connectivity index (χ1v) is 12.0. The molecule has 3 aromatic rings. The number of nitrogens with zero attached hydrogens (tertiary/aromatic N) is 2. The minimum absolute atomic E-state index is 0.173. The highest BCUT2D eigenvalue weighted by atomic mass is 79.9. The molecule has 0 radical (unpaired) electrons. The van der Waals surface area contributed by atoms with Gasteiger partial charge in [0.1, 0.15) is 11.6 Å². The number of nitro groups is 1. The number of anilines is 2. The molecule has 0 aliphatic carbocycles. The van der Waals surface area contributed by atoms with Gasteiger partial charge in [0.05, 0.1) is 16.5 Å². The number of carbonyl (C=O) groups excluding carboxylic acids is 2. The number of ether oxygens (including phenoxy) is 2. The van der Waals surface area contributed by atoms with Crippen LogP contribution in [0.5, 0.6) is 11.5 Å². The number of amides is 2. The largest absolute Gasteiger partial charge is 0.493 e. The molecule has 0 atom stereocenters. The third-order valence-corrected chi connectivity index (χ3v) is 5.85. The molecule has 0 saturated heterocycles. The number of nitriles is 1. The van der Waals surface area contributed by atoms with Gasteiger partial charge in [0.2, 0.25) is 0 Å². The summed E-state index contributed by atoms with van der Waals surface area (Å²) in [7, 11) is 1.42. The summed E-state index contributed by atoms with van der Waals surface area (Å²) in [6.45, 7) is 3.53. The van der Waals surface area contributed by atoms with Gasteiger partial charge in [-0.25, -0.2) is 0 Å². The van der Waals surface area contributed by atoms with Crippen molar-refractivity contribution in [3.8, 4) is 17.6 Å². The quantitative estimate of drug-likeness (QED) is 0.147. The number of hydrogen-bond acceptors (Lipinski definition) is 7. The Morgan fingerprint density at radius 2 is 1.89 bits per heavy atom. The summed E-state index contributed by atoms with van der Waals surface area (Å²) in [5.74, 6) is -0.574. The maximum atomic E-state index is 12.6. The first-order chi connectivity index (χ1) is 18.1. The molecular weight excluding hydrogens is 556 g/mol.